The van der Waals surface area contributed by atoms with Crippen LogP contribution in [-0.4, -0.2) is 13.1 Å². The predicted octanol–water partition coefficient (Wildman–Crippen LogP) is 4.62. The molecule has 0 radical (unpaired) electrons. The minimum atomic E-state index is 0.776. The molecular formula is C16H33N. The second kappa shape index (κ2) is 8.13. The lowest BCUT2D eigenvalue weighted by atomic mass is 9.75. The van der Waals surface area contributed by atoms with Crippen molar-refractivity contribution >= 4 is 0 Å². The molecule has 1 aliphatic rings. The summed E-state index contributed by atoms with van der Waals surface area (Å²) in [4.78, 5) is 0. The molecule has 0 bridgehead atoms. The molecule has 17 heavy (non-hydrogen) atoms. The summed E-state index contributed by atoms with van der Waals surface area (Å²) in [5.41, 5.74) is 0. The molecule has 1 unspecified atom stereocenters. The fourth-order valence-electron chi connectivity index (χ4n) is 3.53. The number of nitrogens with one attached hydrogen (secondary N) is 1. The van der Waals surface area contributed by atoms with Crippen molar-refractivity contribution in [1.82, 2.24) is 5.32 Å². The van der Waals surface area contributed by atoms with Crippen LogP contribution in [-0.2, 0) is 0 Å². The second-order valence-corrected chi connectivity index (χ2v) is 6.00. The van der Waals surface area contributed by atoms with E-state index in [0.29, 0.717) is 0 Å². The average Bonchev–Trinajstić information content (AvgIpc) is 2.40. The van der Waals surface area contributed by atoms with E-state index >= 15 is 0 Å². The maximum atomic E-state index is 3.60. The van der Waals surface area contributed by atoms with Gasteiger partial charge in [-0.1, -0.05) is 52.9 Å². The Kier molecular flexibility index (Phi) is 7.18. The van der Waals surface area contributed by atoms with E-state index < -0.39 is 0 Å². The van der Waals surface area contributed by atoms with Crippen molar-refractivity contribution < 1.29 is 0 Å². The molecule has 0 aromatic carbocycles. The number of hydrogen-bond donors (Lipinski definition) is 1. The predicted molar refractivity (Wildman–Crippen MR) is 77.3 cm³/mol. The molecule has 0 aliphatic heterocycles. The van der Waals surface area contributed by atoms with Gasteiger partial charge in [-0.25, -0.2) is 0 Å². The zero-order valence-electron chi connectivity index (χ0n) is 12.5. The summed E-state index contributed by atoms with van der Waals surface area (Å²) in [6, 6.07) is 0.776. The Morgan fingerprint density at radius 3 is 2.00 bits per heavy atom. The fourth-order valence-corrected chi connectivity index (χ4v) is 3.53. The van der Waals surface area contributed by atoms with Crippen molar-refractivity contribution in [3.63, 3.8) is 0 Å². The van der Waals surface area contributed by atoms with Crippen LogP contribution in [0.1, 0.15) is 72.1 Å². The third kappa shape index (κ3) is 4.62. The van der Waals surface area contributed by atoms with E-state index in [-0.39, 0.29) is 0 Å². The number of hydrogen-bond acceptors (Lipinski definition) is 1. The highest BCUT2D eigenvalue weighted by atomic mass is 14.9. The molecule has 1 heteroatoms. The molecule has 0 saturated heterocycles. The van der Waals surface area contributed by atoms with Gasteiger partial charge in [0.2, 0.25) is 0 Å². The van der Waals surface area contributed by atoms with Crippen molar-refractivity contribution in [3.05, 3.63) is 0 Å². The van der Waals surface area contributed by atoms with Crippen LogP contribution in [0.25, 0.3) is 0 Å². The molecule has 0 aromatic rings. The van der Waals surface area contributed by atoms with Crippen molar-refractivity contribution in [2.24, 2.45) is 17.8 Å². The Balaban J connectivity index is 2.40. The van der Waals surface area contributed by atoms with Crippen LogP contribution in [0, 0.1) is 17.8 Å². The SMILES string of the molecule is CCC1CCC(C(CC(CC)CC)NC)CC1. The van der Waals surface area contributed by atoms with Gasteiger partial charge in [-0.05, 0) is 44.1 Å². The van der Waals surface area contributed by atoms with Crippen molar-refractivity contribution in [1.29, 1.82) is 0 Å². The summed E-state index contributed by atoms with van der Waals surface area (Å²) in [7, 11) is 2.17. The minimum absolute atomic E-state index is 0.776. The first-order valence-corrected chi connectivity index (χ1v) is 7.92. The Morgan fingerprint density at radius 1 is 1.00 bits per heavy atom. The van der Waals surface area contributed by atoms with Gasteiger partial charge in [0.15, 0.2) is 0 Å². The summed E-state index contributed by atoms with van der Waals surface area (Å²) in [5, 5.41) is 3.60. The van der Waals surface area contributed by atoms with Crippen molar-refractivity contribution in [3.8, 4) is 0 Å². The average molecular weight is 239 g/mol. The van der Waals surface area contributed by atoms with Crippen LogP contribution in [0.5, 0.6) is 0 Å². The quantitative estimate of drug-likeness (QED) is 0.683. The van der Waals surface area contributed by atoms with Crippen LogP contribution >= 0.6 is 0 Å². The highest BCUT2D eigenvalue weighted by Gasteiger charge is 2.27. The second-order valence-electron chi connectivity index (χ2n) is 6.00. The van der Waals surface area contributed by atoms with Gasteiger partial charge < -0.3 is 5.32 Å². The van der Waals surface area contributed by atoms with E-state index in [4.69, 9.17) is 0 Å². The van der Waals surface area contributed by atoms with Crippen molar-refractivity contribution in [2.75, 3.05) is 7.05 Å². The largest absolute Gasteiger partial charge is 0.317 e. The van der Waals surface area contributed by atoms with Gasteiger partial charge in [0.25, 0.3) is 0 Å². The first-order chi connectivity index (χ1) is 8.24. The third-order valence-corrected chi connectivity index (χ3v) is 5.15. The van der Waals surface area contributed by atoms with Gasteiger partial charge in [0.05, 0.1) is 0 Å². The van der Waals surface area contributed by atoms with Crippen LogP contribution < -0.4 is 5.32 Å². The molecule has 1 aliphatic carbocycles. The maximum Gasteiger partial charge on any atom is 0.00949 e. The molecule has 1 atom stereocenters. The summed E-state index contributed by atoms with van der Waals surface area (Å²) < 4.78 is 0. The summed E-state index contributed by atoms with van der Waals surface area (Å²) in [6.45, 7) is 7.04. The summed E-state index contributed by atoms with van der Waals surface area (Å²) in [5.74, 6) is 2.90. The van der Waals surface area contributed by atoms with E-state index in [1.54, 1.807) is 0 Å². The Hall–Kier alpha value is -0.0400. The lowest BCUT2D eigenvalue weighted by Gasteiger charge is -2.35. The van der Waals surface area contributed by atoms with E-state index in [1.807, 2.05) is 0 Å². The van der Waals surface area contributed by atoms with E-state index in [9.17, 15) is 0 Å². The Morgan fingerprint density at radius 2 is 1.59 bits per heavy atom. The molecule has 1 fully saturated rings. The molecule has 0 aromatic heterocycles. The van der Waals surface area contributed by atoms with E-state index in [2.05, 4.69) is 33.1 Å². The first-order valence-electron chi connectivity index (χ1n) is 7.92. The van der Waals surface area contributed by atoms with Gasteiger partial charge in [0.1, 0.15) is 0 Å². The highest BCUT2D eigenvalue weighted by molar-refractivity contribution is 4.82. The van der Waals surface area contributed by atoms with Crippen molar-refractivity contribution in [2.45, 2.75) is 78.2 Å². The summed E-state index contributed by atoms with van der Waals surface area (Å²) in [6.07, 6.45) is 11.4. The maximum absolute atomic E-state index is 3.60. The molecule has 0 heterocycles. The fraction of sp³-hybridized carbons (Fsp3) is 1.00. The Bertz CT molecular complexity index is 178. The topological polar surface area (TPSA) is 12.0 Å². The smallest absolute Gasteiger partial charge is 0.00949 e. The van der Waals surface area contributed by atoms with E-state index in [1.165, 1.54) is 51.4 Å². The lowest BCUT2D eigenvalue weighted by molar-refractivity contribution is 0.199. The van der Waals surface area contributed by atoms with Gasteiger partial charge in [-0.2, -0.15) is 0 Å². The van der Waals surface area contributed by atoms with Crippen LogP contribution in [0.2, 0.25) is 0 Å². The first kappa shape index (κ1) is 15.0. The monoisotopic (exact) mass is 239 g/mol. The zero-order chi connectivity index (χ0) is 12.7. The molecule has 0 amide bonds. The van der Waals surface area contributed by atoms with Gasteiger partial charge in [-0.15, -0.1) is 0 Å². The minimum Gasteiger partial charge on any atom is -0.317 e. The zero-order valence-corrected chi connectivity index (χ0v) is 12.5. The van der Waals surface area contributed by atoms with Gasteiger partial charge in [-0.3, -0.25) is 0 Å². The van der Waals surface area contributed by atoms with E-state index in [0.717, 1.165) is 23.8 Å². The van der Waals surface area contributed by atoms with Gasteiger partial charge >= 0.3 is 0 Å². The van der Waals surface area contributed by atoms with Gasteiger partial charge in [0, 0.05) is 6.04 Å². The molecular weight excluding hydrogens is 206 g/mol. The molecule has 1 N–H and O–H groups in total. The van der Waals surface area contributed by atoms with Crippen LogP contribution in [0.4, 0.5) is 0 Å². The third-order valence-electron chi connectivity index (χ3n) is 5.15. The molecule has 1 saturated carbocycles. The molecule has 1 rings (SSSR count). The number of rotatable bonds is 7. The van der Waals surface area contributed by atoms with Crippen LogP contribution in [0.3, 0.4) is 0 Å². The molecule has 1 nitrogen and oxygen atoms in total. The lowest BCUT2D eigenvalue weighted by Crippen LogP contribution is -2.37. The van der Waals surface area contributed by atoms with Crippen LogP contribution in [0.15, 0.2) is 0 Å². The standard InChI is InChI=1S/C16H33N/c1-5-13(6-2)12-16(17-4)15-10-8-14(7-3)9-11-15/h13-17H,5-12H2,1-4H3. The highest BCUT2D eigenvalue weighted by Crippen LogP contribution is 2.34. The molecule has 0 spiro atoms. The summed E-state index contributed by atoms with van der Waals surface area (Å²) >= 11 is 0. The molecule has 102 valence electrons. The normalized spacial score (nSPS) is 27.4. The Labute approximate surface area is 109 Å².